The average molecular weight is 340 g/mol. The number of para-hydroxylation sites is 1. The molecule has 0 radical (unpaired) electrons. The Kier molecular flexibility index (Phi) is 4.86. The van der Waals surface area contributed by atoms with E-state index < -0.39 is 5.97 Å². The molecule has 24 heavy (non-hydrogen) atoms. The van der Waals surface area contributed by atoms with E-state index in [1.807, 2.05) is 36.4 Å². The molecule has 3 rings (SSSR count). The van der Waals surface area contributed by atoms with Crippen molar-refractivity contribution >= 4 is 34.5 Å². The summed E-state index contributed by atoms with van der Waals surface area (Å²) in [6.07, 6.45) is 5.39. The number of esters is 1. The van der Waals surface area contributed by atoms with Crippen molar-refractivity contribution in [3.63, 3.8) is 0 Å². The Hall–Kier alpha value is -2.73. The van der Waals surface area contributed by atoms with E-state index in [0.717, 1.165) is 5.56 Å². The molecule has 0 atom stereocenters. The zero-order valence-corrected chi connectivity index (χ0v) is 13.8. The van der Waals surface area contributed by atoms with E-state index in [4.69, 9.17) is 4.74 Å². The Balaban J connectivity index is 2.02. The lowest BCUT2D eigenvalue weighted by molar-refractivity contribution is -0.138. The van der Waals surface area contributed by atoms with Crippen LogP contribution in [-0.4, -0.2) is 27.7 Å². The van der Waals surface area contributed by atoms with Gasteiger partial charge in [0.1, 0.15) is 16.4 Å². The van der Waals surface area contributed by atoms with Gasteiger partial charge >= 0.3 is 5.97 Å². The lowest BCUT2D eigenvalue weighted by Crippen LogP contribution is -2.12. The number of nitrogens with zero attached hydrogens (tertiary/aromatic N) is 1. The van der Waals surface area contributed by atoms with E-state index in [2.05, 4.69) is 9.98 Å². The number of aliphatic hydroxyl groups is 1. The number of hydrogen-bond donors (Lipinski definition) is 2. The van der Waals surface area contributed by atoms with Crippen LogP contribution in [0.3, 0.4) is 0 Å². The maximum atomic E-state index is 12.2. The number of H-pyrrole nitrogens is 1. The standard InChI is InChI=1S/C18H16N2O3S/c1-2-23-18(22)15-16(21)14(10-12-8-9-19-11-12)24-17(15)20-13-6-4-3-5-7-13/h3-11,19,21H,2H2,1H3/b14-10-,20-17?. The fraction of sp³-hybridized carbons (Fsp3) is 0.111. The summed E-state index contributed by atoms with van der Waals surface area (Å²) >= 11 is 1.25. The zero-order valence-electron chi connectivity index (χ0n) is 13.0. The fourth-order valence-electron chi connectivity index (χ4n) is 2.19. The van der Waals surface area contributed by atoms with Crippen molar-refractivity contribution in [1.82, 2.24) is 4.98 Å². The van der Waals surface area contributed by atoms with Gasteiger partial charge in [0.05, 0.1) is 17.2 Å². The molecule has 2 heterocycles. The second-order valence-electron chi connectivity index (χ2n) is 4.95. The monoisotopic (exact) mass is 340 g/mol. The second-order valence-corrected chi connectivity index (χ2v) is 5.98. The number of aliphatic hydroxyl groups excluding tert-OH is 1. The van der Waals surface area contributed by atoms with Crippen LogP contribution in [0.25, 0.3) is 6.08 Å². The quantitative estimate of drug-likeness (QED) is 0.818. The highest BCUT2D eigenvalue weighted by Crippen LogP contribution is 2.40. The molecule has 1 aromatic heterocycles. The minimum absolute atomic E-state index is 0.102. The maximum Gasteiger partial charge on any atom is 0.344 e. The van der Waals surface area contributed by atoms with Gasteiger partial charge in [0.25, 0.3) is 0 Å². The van der Waals surface area contributed by atoms with Gasteiger partial charge in [0.15, 0.2) is 0 Å². The van der Waals surface area contributed by atoms with Crippen LogP contribution in [0, 0.1) is 0 Å². The van der Waals surface area contributed by atoms with Gasteiger partial charge in [-0.05, 0) is 36.8 Å². The lowest BCUT2D eigenvalue weighted by atomic mass is 10.2. The molecule has 0 aliphatic carbocycles. The predicted molar refractivity (Wildman–Crippen MR) is 96.2 cm³/mol. The van der Waals surface area contributed by atoms with Crippen LogP contribution in [0.1, 0.15) is 12.5 Å². The first-order valence-corrected chi connectivity index (χ1v) is 8.28. The predicted octanol–water partition coefficient (Wildman–Crippen LogP) is 4.21. The molecule has 1 aliphatic rings. The van der Waals surface area contributed by atoms with Gasteiger partial charge in [-0.15, -0.1) is 0 Å². The molecule has 122 valence electrons. The molecular weight excluding hydrogens is 324 g/mol. The molecule has 0 unspecified atom stereocenters. The normalized spacial score (nSPS) is 17.7. The molecule has 0 saturated heterocycles. The molecule has 0 bridgehead atoms. The average Bonchev–Trinajstić information content (AvgIpc) is 3.18. The molecule has 1 aromatic carbocycles. The molecular formula is C18H16N2O3S. The number of aromatic nitrogens is 1. The minimum Gasteiger partial charge on any atom is -0.506 e. The summed E-state index contributed by atoms with van der Waals surface area (Å²) in [5, 5.41) is 10.9. The van der Waals surface area contributed by atoms with Gasteiger partial charge < -0.3 is 14.8 Å². The maximum absolute atomic E-state index is 12.2. The number of carbonyl (C=O) groups excluding carboxylic acids is 1. The SMILES string of the molecule is CCOC(=O)C1=C(O)/C(=C/c2cc[nH]c2)SC1=Nc1ccccc1. The summed E-state index contributed by atoms with van der Waals surface area (Å²) < 4.78 is 5.06. The number of benzene rings is 1. The number of aromatic amines is 1. The van der Waals surface area contributed by atoms with Crippen molar-refractivity contribution in [2.75, 3.05) is 6.61 Å². The molecule has 0 spiro atoms. The Bertz CT molecular complexity index is 821. The third-order valence-corrected chi connectivity index (χ3v) is 4.30. The van der Waals surface area contributed by atoms with Crippen LogP contribution in [0.5, 0.6) is 0 Å². The van der Waals surface area contributed by atoms with Crippen molar-refractivity contribution in [1.29, 1.82) is 0 Å². The lowest BCUT2D eigenvalue weighted by Gasteiger charge is -2.03. The minimum atomic E-state index is -0.574. The van der Waals surface area contributed by atoms with Crippen molar-refractivity contribution in [2.45, 2.75) is 6.92 Å². The molecule has 0 saturated carbocycles. The van der Waals surface area contributed by atoms with Crippen molar-refractivity contribution in [2.24, 2.45) is 4.99 Å². The molecule has 0 amide bonds. The van der Waals surface area contributed by atoms with Crippen molar-refractivity contribution in [3.05, 3.63) is 70.6 Å². The van der Waals surface area contributed by atoms with Crippen LogP contribution >= 0.6 is 11.8 Å². The Labute approximate surface area is 143 Å². The van der Waals surface area contributed by atoms with Gasteiger partial charge in [-0.25, -0.2) is 9.79 Å². The highest BCUT2D eigenvalue weighted by atomic mass is 32.2. The van der Waals surface area contributed by atoms with Gasteiger partial charge in [-0.2, -0.15) is 0 Å². The fourth-order valence-corrected chi connectivity index (χ4v) is 3.22. The topological polar surface area (TPSA) is 74.7 Å². The smallest absolute Gasteiger partial charge is 0.344 e. The summed E-state index contributed by atoms with van der Waals surface area (Å²) in [7, 11) is 0. The number of nitrogens with one attached hydrogen (secondary N) is 1. The van der Waals surface area contributed by atoms with Crippen molar-refractivity contribution < 1.29 is 14.6 Å². The van der Waals surface area contributed by atoms with Crippen LogP contribution in [0.2, 0.25) is 0 Å². The van der Waals surface area contributed by atoms with Crippen LogP contribution in [-0.2, 0) is 9.53 Å². The first kappa shape index (κ1) is 16.1. The largest absolute Gasteiger partial charge is 0.506 e. The van der Waals surface area contributed by atoms with E-state index in [1.54, 1.807) is 25.4 Å². The third kappa shape index (κ3) is 3.44. The highest BCUT2D eigenvalue weighted by Gasteiger charge is 2.33. The van der Waals surface area contributed by atoms with Gasteiger partial charge in [-0.1, -0.05) is 30.0 Å². The Morgan fingerprint density at radius 2 is 2.12 bits per heavy atom. The Morgan fingerprint density at radius 1 is 1.33 bits per heavy atom. The van der Waals surface area contributed by atoms with Gasteiger partial charge in [0.2, 0.25) is 0 Å². The first-order valence-electron chi connectivity index (χ1n) is 7.46. The van der Waals surface area contributed by atoms with E-state index in [-0.39, 0.29) is 17.9 Å². The molecule has 2 N–H and O–H groups in total. The number of thioether (sulfide) groups is 1. The summed E-state index contributed by atoms with van der Waals surface area (Å²) in [5.74, 6) is -0.677. The van der Waals surface area contributed by atoms with Crippen LogP contribution in [0.4, 0.5) is 5.69 Å². The number of carbonyl (C=O) groups is 1. The number of ether oxygens (including phenoxy) is 1. The second kappa shape index (κ2) is 7.23. The Morgan fingerprint density at radius 3 is 2.79 bits per heavy atom. The number of hydrogen-bond acceptors (Lipinski definition) is 5. The van der Waals surface area contributed by atoms with E-state index in [1.165, 1.54) is 11.8 Å². The van der Waals surface area contributed by atoms with Gasteiger partial charge in [-0.3, -0.25) is 0 Å². The molecule has 2 aromatic rings. The van der Waals surface area contributed by atoms with E-state index in [0.29, 0.717) is 15.6 Å². The number of rotatable bonds is 4. The van der Waals surface area contributed by atoms with Crippen LogP contribution in [0.15, 0.2) is 70.0 Å². The van der Waals surface area contributed by atoms with Crippen molar-refractivity contribution in [3.8, 4) is 0 Å². The third-order valence-electron chi connectivity index (χ3n) is 3.28. The van der Waals surface area contributed by atoms with E-state index >= 15 is 0 Å². The zero-order chi connectivity index (χ0) is 16.9. The molecule has 5 nitrogen and oxygen atoms in total. The van der Waals surface area contributed by atoms with E-state index in [9.17, 15) is 9.90 Å². The molecule has 0 fully saturated rings. The molecule has 1 aliphatic heterocycles. The first-order chi connectivity index (χ1) is 11.7. The highest BCUT2D eigenvalue weighted by molar-refractivity contribution is 8.18. The summed E-state index contributed by atoms with van der Waals surface area (Å²) in [6.45, 7) is 1.96. The number of aliphatic imine (C=N–C) groups is 1. The summed E-state index contributed by atoms with van der Waals surface area (Å²) in [5.41, 5.74) is 1.71. The summed E-state index contributed by atoms with van der Waals surface area (Å²) in [4.78, 5) is 20.2. The van der Waals surface area contributed by atoms with Crippen LogP contribution < -0.4 is 0 Å². The van der Waals surface area contributed by atoms with Gasteiger partial charge in [0, 0.05) is 12.4 Å². The summed E-state index contributed by atoms with van der Waals surface area (Å²) in [6, 6.07) is 11.2. The molecule has 6 heteroatoms.